The quantitative estimate of drug-likeness (QED) is 0.570. The van der Waals surface area contributed by atoms with E-state index in [1.807, 2.05) is 0 Å². The zero-order valence-corrected chi connectivity index (χ0v) is 7.04. The van der Waals surface area contributed by atoms with E-state index in [-0.39, 0.29) is 0 Å². The molecule has 1 N–H and O–H groups in total. The van der Waals surface area contributed by atoms with Gasteiger partial charge in [0.25, 0.3) is 0 Å². The average molecular weight is 157 g/mol. The van der Waals surface area contributed by atoms with Gasteiger partial charge in [0, 0.05) is 0 Å². The summed E-state index contributed by atoms with van der Waals surface area (Å²) >= 11 is 0. The second kappa shape index (κ2) is 1.99. The first-order chi connectivity index (χ1) is 5.86. The van der Waals surface area contributed by atoms with Crippen LogP contribution in [-0.4, -0.2) is 0 Å². The highest BCUT2D eigenvalue weighted by molar-refractivity contribution is 5.48. The Bertz CT molecular complexity index is 365. The van der Waals surface area contributed by atoms with Crippen molar-refractivity contribution in [1.29, 1.82) is 0 Å². The molecule has 12 heavy (non-hydrogen) atoms. The molecule has 1 nitrogen and oxygen atoms in total. The van der Waals surface area contributed by atoms with Crippen LogP contribution in [0.3, 0.4) is 0 Å². The smallest absolute Gasteiger partial charge is 0.0544 e. The molecule has 3 rings (SSSR count). The van der Waals surface area contributed by atoms with Crippen LogP contribution in [0.2, 0.25) is 0 Å². The first-order valence-corrected chi connectivity index (χ1v) is 4.39. The standard InChI is InChI=1S/C11H11N/c1-7-6-10-8-4-2-3-5-9(8)11(7)12-10/h2-6,10-12H,1H3. The minimum Gasteiger partial charge on any atom is -0.296 e. The molecule has 2 unspecified atom stereocenters. The van der Waals surface area contributed by atoms with E-state index < -0.39 is 0 Å². The Labute approximate surface area is 72.1 Å². The fraction of sp³-hybridized carbons (Fsp3) is 0.273. The van der Waals surface area contributed by atoms with Gasteiger partial charge in [-0.25, -0.2) is 0 Å². The highest BCUT2D eigenvalue weighted by Crippen LogP contribution is 2.43. The normalized spacial score (nSPS) is 30.2. The predicted octanol–water partition coefficient (Wildman–Crippen LogP) is 2.33. The second-order valence-electron chi connectivity index (χ2n) is 3.62. The van der Waals surface area contributed by atoms with Crippen LogP contribution in [0.4, 0.5) is 0 Å². The maximum absolute atomic E-state index is 3.55. The van der Waals surface area contributed by atoms with Crippen molar-refractivity contribution in [2.24, 2.45) is 0 Å². The number of benzene rings is 1. The third-order valence-electron chi connectivity index (χ3n) is 2.87. The van der Waals surface area contributed by atoms with E-state index in [2.05, 4.69) is 42.6 Å². The molecule has 2 atom stereocenters. The summed E-state index contributed by atoms with van der Waals surface area (Å²) < 4.78 is 0. The van der Waals surface area contributed by atoms with Gasteiger partial charge in [-0.1, -0.05) is 35.9 Å². The maximum Gasteiger partial charge on any atom is 0.0544 e. The van der Waals surface area contributed by atoms with E-state index in [0.717, 1.165) is 0 Å². The van der Waals surface area contributed by atoms with Gasteiger partial charge in [0.1, 0.15) is 0 Å². The lowest BCUT2D eigenvalue weighted by atomic mass is 9.92. The first-order valence-electron chi connectivity index (χ1n) is 4.39. The van der Waals surface area contributed by atoms with Crippen molar-refractivity contribution in [2.45, 2.75) is 19.0 Å². The fourth-order valence-electron chi connectivity index (χ4n) is 2.29. The zero-order valence-electron chi connectivity index (χ0n) is 7.04. The van der Waals surface area contributed by atoms with Gasteiger partial charge in [0.05, 0.1) is 12.1 Å². The molecule has 0 amide bonds. The summed E-state index contributed by atoms with van der Waals surface area (Å²) in [4.78, 5) is 0. The van der Waals surface area contributed by atoms with Crippen LogP contribution in [0.15, 0.2) is 35.9 Å². The summed E-state index contributed by atoms with van der Waals surface area (Å²) in [5.41, 5.74) is 4.41. The highest BCUT2D eigenvalue weighted by atomic mass is 15.0. The molecule has 0 aromatic heterocycles. The number of hydrogen-bond acceptors (Lipinski definition) is 1. The molecule has 1 aromatic rings. The first kappa shape index (κ1) is 6.44. The van der Waals surface area contributed by atoms with E-state index in [4.69, 9.17) is 0 Å². The van der Waals surface area contributed by atoms with Gasteiger partial charge in [0.15, 0.2) is 0 Å². The van der Waals surface area contributed by atoms with Crippen LogP contribution >= 0.6 is 0 Å². The lowest BCUT2D eigenvalue weighted by Crippen LogP contribution is -2.08. The van der Waals surface area contributed by atoms with Gasteiger partial charge >= 0.3 is 0 Å². The van der Waals surface area contributed by atoms with Crippen LogP contribution in [0, 0.1) is 0 Å². The lowest BCUT2D eigenvalue weighted by molar-refractivity contribution is 0.659. The van der Waals surface area contributed by atoms with Crippen LogP contribution < -0.4 is 5.32 Å². The molecular formula is C11H11N. The molecular weight excluding hydrogens is 146 g/mol. The van der Waals surface area contributed by atoms with Crippen molar-refractivity contribution in [3.05, 3.63) is 47.0 Å². The summed E-state index contributed by atoms with van der Waals surface area (Å²) in [5, 5.41) is 3.55. The Morgan fingerprint density at radius 3 is 2.75 bits per heavy atom. The third-order valence-corrected chi connectivity index (χ3v) is 2.87. The number of rotatable bonds is 0. The molecule has 1 aromatic carbocycles. The topological polar surface area (TPSA) is 12.0 Å². The molecule has 0 saturated heterocycles. The Morgan fingerprint density at radius 2 is 1.92 bits per heavy atom. The summed E-state index contributed by atoms with van der Waals surface area (Å²) in [5.74, 6) is 0. The minimum absolute atomic E-state index is 0.492. The second-order valence-corrected chi connectivity index (χ2v) is 3.62. The Balaban J connectivity index is 2.23. The Hall–Kier alpha value is -1.08. The largest absolute Gasteiger partial charge is 0.296 e. The molecule has 60 valence electrons. The summed E-state index contributed by atoms with van der Waals surface area (Å²) in [6.45, 7) is 2.20. The zero-order chi connectivity index (χ0) is 8.13. The molecule has 2 aliphatic rings. The molecule has 1 heteroatoms. The van der Waals surface area contributed by atoms with Crippen LogP contribution in [0.1, 0.15) is 30.1 Å². The van der Waals surface area contributed by atoms with Gasteiger partial charge in [0.2, 0.25) is 0 Å². The van der Waals surface area contributed by atoms with Gasteiger partial charge < -0.3 is 0 Å². The molecule has 0 aliphatic carbocycles. The third kappa shape index (κ3) is 0.625. The van der Waals surface area contributed by atoms with Gasteiger partial charge in [-0.2, -0.15) is 0 Å². The maximum atomic E-state index is 3.55. The van der Waals surface area contributed by atoms with Crippen molar-refractivity contribution >= 4 is 0 Å². The minimum atomic E-state index is 0.492. The van der Waals surface area contributed by atoms with Gasteiger partial charge in [-0.15, -0.1) is 0 Å². The summed E-state index contributed by atoms with van der Waals surface area (Å²) in [7, 11) is 0. The van der Waals surface area contributed by atoms with E-state index in [9.17, 15) is 0 Å². The summed E-state index contributed by atoms with van der Waals surface area (Å²) in [6, 6.07) is 9.68. The summed E-state index contributed by atoms with van der Waals surface area (Å²) in [6.07, 6.45) is 2.33. The van der Waals surface area contributed by atoms with Crippen LogP contribution in [0.5, 0.6) is 0 Å². The van der Waals surface area contributed by atoms with Crippen molar-refractivity contribution < 1.29 is 0 Å². The van der Waals surface area contributed by atoms with Crippen LogP contribution in [-0.2, 0) is 0 Å². The van der Waals surface area contributed by atoms with Crippen molar-refractivity contribution in [3.63, 3.8) is 0 Å². The molecule has 2 heterocycles. The molecule has 0 spiro atoms. The average Bonchev–Trinajstić information content (AvgIpc) is 2.62. The predicted molar refractivity (Wildman–Crippen MR) is 48.8 cm³/mol. The molecule has 2 bridgehead atoms. The fourth-order valence-corrected chi connectivity index (χ4v) is 2.29. The number of fused-ring (bicyclic) bond motifs is 5. The number of hydrogen-bond donors (Lipinski definition) is 1. The Morgan fingerprint density at radius 1 is 1.17 bits per heavy atom. The van der Waals surface area contributed by atoms with Crippen molar-refractivity contribution in [1.82, 2.24) is 5.32 Å². The Kier molecular flexibility index (Phi) is 1.07. The van der Waals surface area contributed by atoms with E-state index in [1.54, 1.807) is 0 Å². The van der Waals surface area contributed by atoms with E-state index in [0.29, 0.717) is 12.1 Å². The van der Waals surface area contributed by atoms with Gasteiger partial charge in [-0.3, -0.25) is 5.32 Å². The monoisotopic (exact) mass is 157 g/mol. The molecule has 0 fully saturated rings. The lowest BCUT2D eigenvalue weighted by Gasteiger charge is -2.11. The molecule has 0 radical (unpaired) electrons. The van der Waals surface area contributed by atoms with Crippen LogP contribution in [0.25, 0.3) is 0 Å². The highest BCUT2D eigenvalue weighted by Gasteiger charge is 2.34. The van der Waals surface area contributed by atoms with Crippen molar-refractivity contribution in [3.8, 4) is 0 Å². The van der Waals surface area contributed by atoms with Gasteiger partial charge in [-0.05, 0) is 18.1 Å². The van der Waals surface area contributed by atoms with E-state index in [1.165, 1.54) is 16.7 Å². The number of nitrogens with one attached hydrogen (secondary N) is 1. The molecule has 0 saturated carbocycles. The van der Waals surface area contributed by atoms with E-state index >= 15 is 0 Å². The SMILES string of the molecule is CC1=CC2NC1c1ccccc12. The van der Waals surface area contributed by atoms with Crippen molar-refractivity contribution in [2.75, 3.05) is 0 Å². The molecule has 2 aliphatic heterocycles.